The maximum absolute atomic E-state index is 6.47. The fourth-order valence-electron chi connectivity index (χ4n) is 4.32. The van der Waals surface area contributed by atoms with Crippen LogP contribution in [0.1, 0.15) is 44.5 Å². The SMILES string of the molecule is CC1(C)CCC(OCc2cccc3ccccc23)C(Cc2nc[nH]n2)C1. The smallest absolute Gasteiger partial charge is 0.150 e. The normalized spacial score (nSPS) is 22.5. The zero-order chi connectivity index (χ0) is 18.0. The van der Waals surface area contributed by atoms with E-state index >= 15 is 0 Å². The molecule has 3 aromatic rings. The molecule has 0 aliphatic heterocycles. The molecule has 1 aliphatic rings. The lowest BCUT2D eigenvalue weighted by Crippen LogP contribution is -2.36. The van der Waals surface area contributed by atoms with Gasteiger partial charge in [0.1, 0.15) is 6.33 Å². The first-order valence-electron chi connectivity index (χ1n) is 9.54. The van der Waals surface area contributed by atoms with Crippen molar-refractivity contribution in [2.45, 2.75) is 52.2 Å². The van der Waals surface area contributed by atoms with Crippen molar-refractivity contribution in [2.24, 2.45) is 11.3 Å². The van der Waals surface area contributed by atoms with Gasteiger partial charge in [-0.2, -0.15) is 5.10 Å². The Bertz CT molecular complexity index is 851. The van der Waals surface area contributed by atoms with Crippen LogP contribution in [0.5, 0.6) is 0 Å². The molecule has 4 rings (SSSR count). The molecular weight excluding hydrogens is 322 g/mol. The average Bonchev–Trinajstić information content (AvgIpc) is 3.13. The van der Waals surface area contributed by atoms with Crippen LogP contribution in [0, 0.1) is 11.3 Å². The number of fused-ring (bicyclic) bond motifs is 1. The highest BCUT2D eigenvalue weighted by Crippen LogP contribution is 2.41. The maximum Gasteiger partial charge on any atom is 0.150 e. The summed E-state index contributed by atoms with van der Waals surface area (Å²) in [6.07, 6.45) is 6.27. The van der Waals surface area contributed by atoms with Crippen LogP contribution in [0.3, 0.4) is 0 Å². The van der Waals surface area contributed by atoms with Crippen LogP contribution in [-0.2, 0) is 17.8 Å². The van der Waals surface area contributed by atoms with Crippen molar-refractivity contribution in [3.8, 4) is 0 Å². The highest BCUT2D eigenvalue weighted by molar-refractivity contribution is 5.85. The van der Waals surface area contributed by atoms with Gasteiger partial charge in [-0.15, -0.1) is 0 Å². The number of ether oxygens (including phenoxy) is 1. The largest absolute Gasteiger partial charge is 0.373 e. The minimum atomic E-state index is 0.264. The van der Waals surface area contributed by atoms with Gasteiger partial charge in [-0.05, 0) is 46.9 Å². The predicted octanol–water partition coefficient (Wildman–Crippen LogP) is 4.91. The van der Waals surface area contributed by atoms with Gasteiger partial charge in [-0.3, -0.25) is 5.10 Å². The summed E-state index contributed by atoms with van der Waals surface area (Å²) >= 11 is 0. The summed E-state index contributed by atoms with van der Waals surface area (Å²) in [5.41, 5.74) is 1.63. The molecule has 2 atom stereocenters. The van der Waals surface area contributed by atoms with E-state index in [0.29, 0.717) is 17.9 Å². The minimum absolute atomic E-state index is 0.264. The van der Waals surface area contributed by atoms with E-state index < -0.39 is 0 Å². The van der Waals surface area contributed by atoms with Gasteiger partial charge < -0.3 is 4.74 Å². The van der Waals surface area contributed by atoms with Gasteiger partial charge in [-0.25, -0.2) is 4.98 Å². The van der Waals surface area contributed by atoms with Crippen LogP contribution in [0.25, 0.3) is 10.8 Å². The molecule has 1 N–H and O–H groups in total. The van der Waals surface area contributed by atoms with Crippen molar-refractivity contribution in [2.75, 3.05) is 0 Å². The van der Waals surface area contributed by atoms with Crippen molar-refractivity contribution in [1.29, 1.82) is 0 Å². The fourth-order valence-corrected chi connectivity index (χ4v) is 4.32. The van der Waals surface area contributed by atoms with Crippen molar-refractivity contribution >= 4 is 10.8 Å². The summed E-state index contributed by atoms with van der Waals surface area (Å²) < 4.78 is 6.47. The van der Waals surface area contributed by atoms with Gasteiger partial charge >= 0.3 is 0 Å². The first-order valence-corrected chi connectivity index (χ1v) is 9.54. The third kappa shape index (κ3) is 3.80. The highest BCUT2D eigenvalue weighted by Gasteiger charge is 2.36. The van der Waals surface area contributed by atoms with E-state index in [9.17, 15) is 0 Å². The Labute approximate surface area is 155 Å². The number of nitrogens with one attached hydrogen (secondary N) is 1. The monoisotopic (exact) mass is 349 g/mol. The van der Waals surface area contributed by atoms with Crippen LogP contribution in [0.15, 0.2) is 48.8 Å². The van der Waals surface area contributed by atoms with E-state index in [1.807, 2.05) is 0 Å². The Balaban J connectivity index is 1.49. The summed E-state index contributed by atoms with van der Waals surface area (Å²) in [6.45, 7) is 5.38. The molecule has 1 heterocycles. The minimum Gasteiger partial charge on any atom is -0.373 e. The Hall–Kier alpha value is -2.20. The average molecular weight is 349 g/mol. The van der Waals surface area contributed by atoms with E-state index in [2.05, 4.69) is 71.5 Å². The second-order valence-electron chi connectivity index (χ2n) is 8.27. The van der Waals surface area contributed by atoms with Gasteiger partial charge in [0.2, 0.25) is 0 Å². The molecule has 0 saturated heterocycles. The van der Waals surface area contributed by atoms with E-state index in [1.165, 1.54) is 22.8 Å². The number of aromatic nitrogens is 3. The lowest BCUT2D eigenvalue weighted by Gasteiger charge is -2.40. The standard InChI is InChI=1S/C22H27N3O/c1-22(2)11-10-20(18(13-22)12-21-23-15-24-25-21)26-14-17-8-5-7-16-6-3-4-9-19(16)17/h3-9,15,18,20H,10-14H2,1-2H3,(H,23,24,25). The third-order valence-corrected chi connectivity index (χ3v) is 5.69. The van der Waals surface area contributed by atoms with Crippen LogP contribution >= 0.6 is 0 Å². The topological polar surface area (TPSA) is 50.8 Å². The second-order valence-corrected chi connectivity index (χ2v) is 8.27. The number of benzene rings is 2. The molecule has 4 nitrogen and oxygen atoms in total. The first-order chi connectivity index (χ1) is 12.6. The highest BCUT2D eigenvalue weighted by atomic mass is 16.5. The Morgan fingerprint density at radius 2 is 2.00 bits per heavy atom. The van der Waals surface area contributed by atoms with Crippen LogP contribution in [-0.4, -0.2) is 21.3 Å². The molecule has 2 unspecified atom stereocenters. The summed E-state index contributed by atoms with van der Waals surface area (Å²) in [5.74, 6) is 1.36. The number of nitrogens with zero attached hydrogens (tertiary/aromatic N) is 2. The molecule has 2 aromatic carbocycles. The molecule has 0 amide bonds. The number of rotatable bonds is 5. The summed E-state index contributed by atoms with van der Waals surface area (Å²) in [7, 11) is 0. The van der Waals surface area contributed by atoms with Gasteiger partial charge in [0.05, 0.1) is 12.7 Å². The second kappa shape index (κ2) is 7.20. The van der Waals surface area contributed by atoms with Crippen LogP contribution in [0.4, 0.5) is 0 Å². The number of H-pyrrole nitrogens is 1. The molecule has 0 bridgehead atoms. The Morgan fingerprint density at radius 1 is 1.15 bits per heavy atom. The maximum atomic E-state index is 6.47. The lowest BCUT2D eigenvalue weighted by atomic mass is 9.70. The first kappa shape index (κ1) is 17.2. The molecule has 1 fully saturated rings. The fraction of sp³-hybridized carbons (Fsp3) is 0.455. The molecule has 136 valence electrons. The molecule has 1 saturated carbocycles. The predicted molar refractivity (Wildman–Crippen MR) is 104 cm³/mol. The van der Waals surface area contributed by atoms with E-state index in [4.69, 9.17) is 4.74 Å². The Kier molecular flexibility index (Phi) is 4.77. The van der Waals surface area contributed by atoms with Crippen LogP contribution in [0.2, 0.25) is 0 Å². The summed E-state index contributed by atoms with van der Waals surface area (Å²) in [5, 5.41) is 9.65. The van der Waals surface area contributed by atoms with E-state index in [-0.39, 0.29) is 6.10 Å². The molecular formula is C22H27N3O. The molecule has 1 aliphatic carbocycles. The Morgan fingerprint density at radius 3 is 2.85 bits per heavy atom. The van der Waals surface area contributed by atoms with Gasteiger partial charge in [0.15, 0.2) is 5.82 Å². The summed E-state index contributed by atoms with van der Waals surface area (Å²) in [4.78, 5) is 4.33. The molecule has 4 heteroatoms. The van der Waals surface area contributed by atoms with Crippen LogP contribution < -0.4 is 0 Å². The van der Waals surface area contributed by atoms with Crippen molar-refractivity contribution < 1.29 is 4.74 Å². The molecule has 26 heavy (non-hydrogen) atoms. The van der Waals surface area contributed by atoms with Crippen molar-refractivity contribution in [3.63, 3.8) is 0 Å². The van der Waals surface area contributed by atoms with Crippen molar-refractivity contribution in [3.05, 3.63) is 60.2 Å². The molecule has 0 spiro atoms. The quantitative estimate of drug-likeness (QED) is 0.712. The summed E-state index contributed by atoms with van der Waals surface area (Å²) in [6, 6.07) is 15.0. The number of aromatic amines is 1. The number of hydrogen-bond donors (Lipinski definition) is 1. The van der Waals surface area contributed by atoms with Gasteiger partial charge in [0.25, 0.3) is 0 Å². The third-order valence-electron chi connectivity index (χ3n) is 5.69. The van der Waals surface area contributed by atoms with E-state index in [1.54, 1.807) is 6.33 Å². The zero-order valence-electron chi connectivity index (χ0n) is 15.6. The zero-order valence-corrected chi connectivity index (χ0v) is 15.6. The number of hydrogen-bond acceptors (Lipinski definition) is 3. The van der Waals surface area contributed by atoms with Gasteiger partial charge in [-0.1, -0.05) is 56.3 Å². The molecule has 0 radical (unpaired) electrons. The molecule has 1 aromatic heterocycles. The van der Waals surface area contributed by atoms with E-state index in [0.717, 1.165) is 25.1 Å². The van der Waals surface area contributed by atoms with Gasteiger partial charge in [0, 0.05) is 6.42 Å². The lowest BCUT2D eigenvalue weighted by molar-refractivity contribution is -0.0467. The van der Waals surface area contributed by atoms with Crippen molar-refractivity contribution in [1.82, 2.24) is 15.2 Å².